The average molecular weight is 567 g/mol. The molecule has 1 aliphatic heterocycles. The first kappa shape index (κ1) is 34.0. The first-order valence-electron chi connectivity index (χ1n) is 12.8. The van der Waals surface area contributed by atoms with Gasteiger partial charge in [-0.25, -0.2) is 0 Å². The van der Waals surface area contributed by atoms with E-state index in [-0.39, 0.29) is 58.3 Å². The van der Waals surface area contributed by atoms with Gasteiger partial charge in [0, 0.05) is 41.8 Å². The molecule has 0 aromatic rings. The van der Waals surface area contributed by atoms with Gasteiger partial charge < -0.3 is 40.4 Å². The molecule has 40 heavy (non-hydrogen) atoms. The summed E-state index contributed by atoms with van der Waals surface area (Å²) >= 11 is 0. The fourth-order valence-corrected chi connectivity index (χ4v) is 3.50. The van der Waals surface area contributed by atoms with Crippen molar-refractivity contribution < 1.29 is 33.6 Å². The Labute approximate surface area is 234 Å². The van der Waals surface area contributed by atoms with Crippen molar-refractivity contribution in [2.75, 3.05) is 94.1 Å². The molecule has 0 saturated heterocycles. The number of amides is 7. The molecule has 0 fully saturated rings. The summed E-state index contributed by atoms with van der Waals surface area (Å²) in [5.41, 5.74) is 5.29. The average Bonchev–Trinajstić information content (AvgIpc) is 2.87. The zero-order chi connectivity index (χ0) is 30.4. The predicted molar refractivity (Wildman–Crippen MR) is 145 cm³/mol. The van der Waals surface area contributed by atoms with Crippen LogP contribution in [0, 0.1) is 0 Å². The zero-order valence-electron chi connectivity index (χ0n) is 24.1. The van der Waals surface area contributed by atoms with Crippen molar-refractivity contribution in [3.63, 3.8) is 0 Å². The highest BCUT2D eigenvalue weighted by molar-refractivity contribution is 5.92. The van der Waals surface area contributed by atoms with Crippen LogP contribution in [-0.4, -0.2) is 165 Å². The minimum atomic E-state index is -0.689. The normalized spacial score (nSPS) is 20.5. The molecule has 0 atom stereocenters. The molecule has 0 aliphatic carbocycles. The molecular weight excluding hydrogens is 524 g/mol. The maximum atomic E-state index is 12.8. The third kappa shape index (κ3) is 12.2. The molecule has 0 aromatic heterocycles. The van der Waals surface area contributed by atoms with Crippen LogP contribution in [0.5, 0.6) is 0 Å². The number of nitrogens with zero attached hydrogens (tertiary/aromatic N) is 6. The lowest BCUT2D eigenvalue weighted by Crippen LogP contribution is -2.49. The van der Waals surface area contributed by atoms with E-state index in [1.165, 1.54) is 49.9 Å². The van der Waals surface area contributed by atoms with E-state index >= 15 is 0 Å². The standard InChI is InChI=1S/C25H42N8O7/c1-28-14-21(36)29(2)15-22(37)30(3)16-23(38)31(4)17-24(39)32(5)18-25(40)33(13-19(26)34)11-9-7-6-8-10-27-12-20(28)35/h6-7,27H,8-18H2,1-5H3,(H2,26,34)/b7-6+. The largest absolute Gasteiger partial charge is 0.368 e. The van der Waals surface area contributed by atoms with Crippen molar-refractivity contribution in [3.8, 4) is 0 Å². The summed E-state index contributed by atoms with van der Waals surface area (Å²) in [4.78, 5) is 94.1. The van der Waals surface area contributed by atoms with E-state index in [0.717, 1.165) is 14.7 Å². The van der Waals surface area contributed by atoms with Crippen LogP contribution in [-0.2, 0) is 33.6 Å². The SMILES string of the molecule is CN1CC(=O)N(C)CC(=O)N(C)CC(=O)N(C)CC(=O)N(C)CC(=O)N(CC(N)=O)CC/C=C/CCNCC1=O. The lowest BCUT2D eigenvalue weighted by atomic mass is 10.3. The molecule has 1 aliphatic rings. The van der Waals surface area contributed by atoms with Gasteiger partial charge in [0.2, 0.25) is 41.4 Å². The summed E-state index contributed by atoms with van der Waals surface area (Å²) < 4.78 is 0. The van der Waals surface area contributed by atoms with Gasteiger partial charge in [-0.15, -0.1) is 0 Å². The van der Waals surface area contributed by atoms with Gasteiger partial charge in [-0.2, -0.15) is 0 Å². The quantitative estimate of drug-likeness (QED) is 0.324. The molecule has 0 radical (unpaired) electrons. The smallest absolute Gasteiger partial charge is 0.242 e. The Morgan fingerprint density at radius 2 is 1.02 bits per heavy atom. The van der Waals surface area contributed by atoms with Crippen LogP contribution in [0.3, 0.4) is 0 Å². The maximum Gasteiger partial charge on any atom is 0.242 e. The zero-order valence-corrected chi connectivity index (χ0v) is 24.1. The van der Waals surface area contributed by atoms with Crippen LogP contribution < -0.4 is 11.1 Å². The van der Waals surface area contributed by atoms with Crippen molar-refractivity contribution in [1.82, 2.24) is 34.7 Å². The number of primary amides is 1. The molecule has 1 rings (SSSR count). The molecule has 0 unspecified atom stereocenters. The van der Waals surface area contributed by atoms with E-state index in [4.69, 9.17) is 5.73 Å². The maximum absolute atomic E-state index is 12.8. The Morgan fingerprint density at radius 3 is 1.45 bits per heavy atom. The minimum Gasteiger partial charge on any atom is -0.368 e. The Hall–Kier alpha value is -4.01. The number of carbonyl (C=O) groups excluding carboxylic acids is 7. The summed E-state index contributed by atoms with van der Waals surface area (Å²) in [6.45, 7) is -1.09. The van der Waals surface area contributed by atoms with Gasteiger partial charge in [-0.05, 0) is 19.4 Å². The molecule has 0 aromatic carbocycles. The number of likely N-dealkylation sites (N-methyl/N-ethyl adjacent to an activating group) is 5. The van der Waals surface area contributed by atoms with Crippen molar-refractivity contribution >= 4 is 41.4 Å². The molecule has 224 valence electrons. The Balaban J connectivity index is 2.99. The van der Waals surface area contributed by atoms with Gasteiger partial charge in [0.05, 0.1) is 45.8 Å². The van der Waals surface area contributed by atoms with E-state index < -0.39 is 35.4 Å². The fourth-order valence-electron chi connectivity index (χ4n) is 3.50. The lowest BCUT2D eigenvalue weighted by Gasteiger charge is -2.27. The van der Waals surface area contributed by atoms with Gasteiger partial charge in [0.15, 0.2) is 0 Å². The Morgan fingerprint density at radius 1 is 0.650 bits per heavy atom. The van der Waals surface area contributed by atoms with Gasteiger partial charge >= 0.3 is 0 Å². The first-order chi connectivity index (χ1) is 18.7. The molecule has 3 N–H and O–H groups in total. The molecule has 0 bridgehead atoms. The number of nitrogens with two attached hydrogens (primary N) is 1. The summed E-state index contributed by atoms with van der Waals surface area (Å²) in [5, 5.41) is 2.99. The van der Waals surface area contributed by atoms with Gasteiger partial charge in [0.1, 0.15) is 0 Å². The summed E-state index contributed by atoms with van der Waals surface area (Å²) in [5.74, 6) is -3.45. The van der Waals surface area contributed by atoms with Crippen LogP contribution in [0.1, 0.15) is 12.8 Å². The summed E-state index contributed by atoms with van der Waals surface area (Å²) in [6, 6.07) is 0. The number of nitrogens with one attached hydrogen (secondary N) is 1. The van der Waals surface area contributed by atoms with Crippen LogP contribution in [0.2, 0.25) is 0 Å². The molecule has 7 amide bonds. The minimum absolute atomic E-state index is 0.0196. The second-order valence-corrected chi connectivity index (χ2v) is 9.76. The molecule has 15 heteroatoms. The molecule has 1 heterocycles. The predicted octanol–water partition coefficient (Wildman–Crippen LogP) is -3.47. The van der Waals surface area contributed by atoms with Crippen molar-refractivity contribution in [3.05, 3.63) is 12.2 Å². The first-order valence-corrected chi connectivity index (χ1v) is 12.8. The van der Waals surface area contributed by atoms with Crippen molar-refractivity contribution in [2.45, 2.75) is 12.8 Å². The lowest BCUT2D eigenvalue weighted by molar-refractivity contribution is -0.145. The number of carbonyl (C=O) groups is 7. The van der Waals surface area contributed by atoms with Crippen LogP contribution in [0.15, 0.2) is 12.2 Å². The van der Waals surface area contributed by atoms with Crippen molar-refractivity contribution in [2.24, 2.45) is 5.73 Å². The Bertz CT molecular complexity index is 986. The molecule has 0 saturated carbocycles. The van der Waals surface area contributed by atoms with Gasteiger partial charge in [-0.1, -0.05) is 12.2 Å². The molecule has 15 nitrogen and oxygen atoms in total. The number of hydrogen-bond donors (Lipinski definition) is 2. The highest BCUT2D eigenvalue weighted by Gasteiger charge is 2.24. The van der Waals surface area contributed by atoms with E-state index in [0.29, 0.717) is 19.4 Å². The van der Waals surface area contributed by atoms with E-state index in [1.54, 1.807) is 0 Å². The number of rotatable bonds is 2. The van der Waals surface area contributed by atoms with Crippen LogP contribution in [0.25, 0.3) is 0 Å². The van der Waals surface area contributed by atoms with Gasteiger partial charge in [0.25, 0.3) is 0 Å². The van der Waals surface area contributed by atoms with Crippen LogP contribution in [0.4, 0.5) is 0 Å². The van der Waals surface area contributed by atoms with E-state index in [9.17, 15) is 33.6 Å². The summed E-state index contributed by atoms with van der Waals surface area (Å²) in [6.07, 6.45) is 4.74. The summed E-state index contributed by atoms with van der Waals surface area (Å²) in [7, 11) is 7.12. The van der Waals surface area contributed by atoms with E-state index in [1.807, 2.05) is 12.2 Å². The molecular formula is C25H42N8O7. The third-order valence-corrected chi connectivity index (χ3v) is 6.19. The highest BCUT2D eigenvalue weighted by Crippen LogP contribution is 2.00. The second-order valence-electron chi connectivity index (χ2n) is 9.76. The highest BCUT2D eigenvalue weighted by atomic mass is 16.2. The van der Waals surface area contributed by atoms with E-state index in [2.05, 4.69) is 5.32 Å². The Kier molecular flexibility index (Phi) is 14.3. The van der Waals surface area contributed by atoms with Gasteiger partial charge in [-0.3, -0.25) is 33.6 Å². The second kappa shape index (κ2) is 16.8. The third-order valence-electron chi connectivity index (χ3n) is 6.19. The van der Waals surface area contributed by atoms with Crippen LogP contribution >= 0.6 is 0 Å². The topological polar surface area (TPSA) is 177 Å². The van der Waals surface area contributed by atoms with Crippen molar-refractivity contribution in [1.29, 1.82) is 0 Å². The monoisotopic (exact) mass is 566 g/mol. The number of hydrogen-bond acceptors (Lipinski definition) is 8. The fraction of sp³-hybridized carbons (Fsp3) is 0.640. The molecule has 0 spiro atoms.